The van der Waals surface area contributed by atoms with Crippen molar-refractivity contribution in [3.05, 3.63) is 57.2 Å². The van der Waals surface area contributed by atoms with Crippen molar-refractivity contribution in [1.82, 2.24) is 24.8 Å². The van der Waals surface area contributed by atoms with Gasteiger partial charge in [0, 0.05) is 24.2 Å². The van der Waals surface area contributed by atoms with Gasteiger partial charge in [0.1, 0.15) is 24.3 Å². The van der Waals surface area contributed by atoms with E-state index in [4.69, 9.17) is 16.3 Å². The number of nitrogens with one attached hydrogen (secondary N) is 1. The smallest absolute Gasteiger partial charge is 0.258 e. The number of benzene rings is 1. The van der Waals surface area contributed by atoms with E-state index in [9.17, 15) is 13.6 Å². The second kappa shape index (κ2) is 8.53. The van der Waals surface area contributed by atoms with E-state index in [2.05, 4.69) is 15.4 Å². The van der Waals surface area contributed by atoms with Crippen LogP contribution in [0.25, 0.3) is 5.65 Å². The molecule has 0 saturated heterocycles. The number of halogens is 3. The predicted octanol–water partition coefficient (Wildman–Crippen LogP) is 3.76. The van der Waals surface area contributed by atoms with Gasteiger partial charge in [-0.25, -0.2) is 18.3 Å². The third-order valence-electron chi connectivity index (χ3n) is 6.33. The van der Waals surface area contributed by atoms with E-state index >= 15 is 0 Å². The molecule has 5 rings (SSSR count). The first-order valence-corrected chi connectivity index (χ1v) is 11.3. The Morgan fingerprint density at radius 1 is 1.30 bits per heavy atom. The Labute approximate surface area is 194 Å². The largest absolute Gasteiger partial charge is 0.489 e. The van der Waals surface area contributed by atoms with Gasteiger partial charge in [0.05, 0.1) is 40.8 Å². The zero-order chi connectivity index (χ0) is 23.3. The molecule has 174 valence electrons. The molecule has 1 saturated carbocycles. The summed E-state index contributed by atoms with van der Waals surface area (Å²) in [6, 6.07) is 4.14. The highest BCUT2D eigenvalue weighted by molar-refractivity contribution is 6.31. The molecule has 33 heavy (non-hydrogen) atoms. The second-order valence-electron chi connectivity index (χ2n) is 8.61. The Kier molecular flexibility index (Phi) is 5.70. The molecule has 0 atom stereocenters. The topological polar surface area (TPSA) is 71.8 Å². The molecule has 1 aromatic carbocycles. The molecule has 1 aliphatic heterocycles. The summed E-state index contributed by atoms with van der Waals surface area (Å²) in [6.45, 7) is 4.28. The van der Waals surface area contributed by atoms with Crippen molar-refractivity contribution in [2.24, 2.45) is 0 Å². The zero-order valence-corrected chi connectivity index (χ0v) is 19.1. The monoisotopic (exact) mass is 475 g/mol. The summed E-state index contributed by atoms with van der Waals surface area (Å²) in [6.07, 6.45) is 1.22. The first-order valence-electron chi connectivity index (χ1n) is 10.9. The van der Waals surface area contributed by atoms with Crippen LogP contribution in [-0.4, -0.2) is 50.8 Å². The van der Waals surface area contributed by atoms with Crippen molar-refractivity contribution in [3.8, 4) is 5.75 Å². The van der Waals surface area contributed by atoms with E-state index in [1.807, 2.05) is 13.8 Å². The summed E-state index contributed by atoms with van der Waals surface area (Å²) in [5.41, 5.74) is 4.17. The highest BCUT2D eigenvalue weighted by atomic mass is 35.5. The lowest BCUT2D eigenvalue weighted by atomic mass is 9.89. The number of carbonyl (C=O) groups is 1. The average molecular weight is 476 g/mol. The minimum Gasteiger partial charge on any atom is -0.489 e. The van der Waals surface area contributed by atoms with Gasteiger partial charge in [-0.3, -0.25) is 4.79 Å². The van der Waals surface area contributed by atoms with E-state index in [0.29, 0.717) is 54.4 Å². The molecule has 2 aromatic heterocycles. The molecule has 3 heterocycles. The highest BCUT2D eigenvalue weighted by Crippen LogP contribution is 2.33. The van der Waals surface area contributed by atoms with Crippen molar-refractivity contribution in [3.63, 3.8) is 0 Å². The highest BCUT2D eigenvalue weighted by Gasteiger charge is 2.34. The van der Waals surface area contributed by atoms with Gasteiger partial charge in [-0.15, -0.1) is 0 Å². The first-order chi connectivity index (χ1) is 15.9. The molecule has 0 radical (unpaired) electrons. The maximum Gasteiger partial charge on any atom is 0.258 e. The normalized spacial score (nSPS) is 19.6. The number of hydrogen-bond donors (Lipinski definition) is 1. The van der Waals surface area contributed by atoms with Crippen LogP contribution in [0.2, 0.25) is 5.02 Å². The third kappa shape index (κ3) is 3.93. The van der Waals surface area contributed by atoms with Gasteiger partial charge in [-0.1, -0.05) is 11.6 Å². The fourth-order valence-electron chi connectivity index (χ4n) is 4.46. The lowest BCUT2D eigenvalue weighted by Crippen LogP contribution is -2.47. The fraction of sp³-hybridized carbons (Fsp3) is 0.435. The molecule has 0 unspecified atom stereocenters. The van der Waals surface area contributed by atoms with Crippen LogP contribution in [0, 0.1) is 19.7 Å². The van der Waals surface area contributed by atoms with Gasteiger partial charge in [-0.2, -0.15) is 5.10 Å². The van der Waals surface area contributed by atoms with Crippen LogP contribution in [0.5, 0.6) is 5.75 Å². The molecule has 2 aliphatic rings. The Bertz CT molecular complexity index is 1240. The fourth-order valence-corrected chi connectivity index (χ4v) is 4.59. The van der Waals surface area contributed by atoms with E-state index < -0.39 is 12.5 Å². The van der Waals surface area contributed by atoms with E-state index in [0.717, 1.165) is 17.0 Å². The second-order valence-corrected chi connectivity index (χ2v) is 8.99. The Morgan fingerprint density at radius 3 is 2.85 bits per heavy atom. The molecule has 10 heteroatoms. The molecule has 7 nitrogen and oxygen atoms in total. The molecule has 1 N–H and O–H groups in total. The summed E-state index contributed by atoms with van der Waals surface area (Å²) in [5, 5.41) is 8.27. The number of ether oxygens (including phenoxy) is 1. The molecule has 1 amide bonds. The van der Waals surface area contributed by atoms with Gasteiger partial charge in [-0.05, 0) is 38.8 Å². The van der Waals surface area contributed by atoms with Crippen LogP contribution in [0.1, 0.15) is 45.8 Å². The van der Waals surface area contributed by atoms with Gasteiger partial charge in [0.2, 0.25) is 0 Å². The summed E-state index contributed by atoms with van der Waals surface area (Å²) in [4.78, 5) is 19.6. The van der Waals surface area contributed by atoms with Crippen LogP contribution < -0.4 is 10.1 Å². The van der Waals surface area contributed by atoms with Crippen LogP contribution in [0.3, 0.4) is 0 Å². The van der Waals surface area contributed by atoms with Crippen molar-refractivity contribution in [2.45, 2.75) is 51.9 Å². The minimum absolute atomic E-state index is 0.143. The summed E-state index contributed by atoms with van der Waals surface area (Å²) >= 11 is 6.31. The minimum atomic E-state index is -0.470. The number of amides is 1. The van der Waals surface area contributed by atoms with E-state index in [1.165, 1.54) is 18.2 Å². The maximum absolute atomic E-state index is 14.0. The van der Waals surface area contributed by atoms with Crippen molar-refractivity contribution in [1.29, 1.82) is 0 Å². The predicted molar refractivity (Wildman–Crippen MR) is 119 cm³/mol. The SMILES string of the molecule is Cc1nc2c3c(nn2c(C)c1Cl)CN(C(=O)c1ccc(F)cc1O[C@H]1C[C@@H](NCCF)C1)C3. The van der Waals surface area contributed by atoms with E-state index in [-0.39, 0.29) is 23.8 Å². The van der Waals surface area contributed by atoms with Crippen molar-refractivity contribution in [2.75, 3.05) is 13.2 Å². The number of hydrogen-bond acceptors (Lipinski definition) is 5. The molecule has 1 fully saturated rings. The number of aryl methyl sites for hydroxylation is 2. The lowest BCUT2D eigenvalue weighted by Gasteiger charge is -2.36. The van der Waals surface area contributed by atoms with Crippen LogP contribution in [0.4, 0.5) is 8.78 Å². The number of alkyl halides is 1. The van der Waals surface area contributed by atoms with Gasteiger partial charge < -0.3 is 15.0 Å². The lowest BCUT2D eigenvalue weighted by molar-refractivity contribution is 0.0699. The van der Waals surface area contributed by atoms with Crippen LogP contribution in [-0.2, 0) is 13.1 Å². The van der Waals surface area contributed by atoms with Crippen LogP contribution >= 0.6 is 11.6 Å². The van der Waals surface area contributed by atoms with Gasteiger partial charge >= 0.3 is 0 Å². The molecular formula is C23H24ClF2N5O2. The number of fused-ring (bicyclic) bond motifs is 3. The Morgan fingerprint density at radius 2 is 2.09 bits per heavy atom. The molecule has 3 aromatic rings. The molecular weight excluding hydrogens is 452 g/mol. The first kappa shape index (κ1) is 22.0. The third-order valence-corrected chi connectivity index (χ3v) is 6.88. The Balaban J connectivity index is 1.34. The zero-order valence-electron chi connectivity index (χ0n) is 18.4. The average Bonchev–Trinajstić information content (AvgIpc) is 3.32. The summed E-state index contributed by atoms with van der Waals surface area (Å²) < 4.78 is 34.0. The van der Waals surface area contributed by atoms with Gasteiger partial charge in [0.15, 0.2) is 5.65 Å². The summed E-state index contributed by atoms with van der Waals surface area (Å²) in [5.74, 6) is -0.498. The number of carbonyl (C=O) groups excluding carboxylic acids is 1. The molecule has 1 aliphatic carbocycles. The molecule has 0 spiro atoms. The maximum atomic E-state index is 14.0. The number of rotatable bonds is 6. The van der Waals surface area contributed by atoms with Crippen molar-refractivity contribution < 1.29 is 18.3 Å². The van der Waals surface area contributed by atoms with Gasteiger partial charge in [0.25, 0.3) is 5.91 Å². The quantitative estimate of drug-likeness (QED) is 0.587. The van der Waals surface area contributed by atoms with E-state index in [1.54, 1.807) is 9.42 Å². The van der Waals surface area contributed by atoms with Crippen LogP contribution in [0.15, 0.2) is 18.2 Å². The number of nitrogens with zero attached hydrogens (tertiary/aromatic N) is 4. The summed E-state index contributed by atoms with van der Waals surface area (Å²) in [7, 11) is 0. The number of aromatic nitrogens is 3. The van der Waals surface area contributed by atoms with Crippen molar-refractivity contribution >= 4 is 23.2 Å². The Hall–Kier alpha value is -2.78. The standard InChI is InChI=1S/C23H24ClF2N5O2/c1-12-21(24)13(2)31-22(28-12)18-10-30(11-19(18)29-31)23(32)17-4-3-14(26)7-20(17)33-16-8-15(9-16)27-6-5-25/h3-4,7,15-16,27H,5-6,8-11H2,1-2H3/t15-,16+. The molecule has 0 bridgehead atoms.